The molecule has 0 radical (unpaired) electrons. The first-order chi connectivity index (χ1) is 9.08. The number of hydrogen-bond donors (Lipinski definition) is 1. The summed E-state index contributed by atoms with van der Waals surface area (Å²) in [5.41, 5.74) is 0.355. The van der Waals surface area contributed by atoms with Crippen LogP contribution in [0.25, 0.3) is 6.08 Å². The molecule has 6 nitrogen and oxygen atoms in total. The zero-order valence-electron chi connectivity index (χ0n) is 10.2. The lowest BCUT2D eigenvalue weighted by Crippen LogP contribution is -2.27. The molecular formula is C13H14N2O4. The number of aliphatic hydroxyl groups is 1. The van der Waals surface area contributed by atoms with Gasteiger partial charge < -0.3 is 10.0 Å². The second-order valence-corrected chi connectivity index (χ2v) is 4.38. The maximum atomic E-state index is 11.8. The lowest BCUT2D eigenvalue weighted by atomic mass is 10.1. The van der Waals surface area contributed by atoms with Gasteiger partial charge in [0.25, 0.3) is 5.69 Å². The molecule has 1 aliphatic rings. The minimum absolute atomic E-state index is 0.0343. The Bertz CT molecular complexity index is 527. The van der Waals surface area contributed by atoms with Crippen LogP contribution in [0.5, 0.6) is 0 Å². The Hall–Kier alpha value is -2.21. The molecule has 1 saturated heterocycles. The summed E-state index contributed by atoms with van der Waals surface area (Å²) in [6, 6.07) is 6.23. The van der Waals surface area contributed by atoms with Crippen LogP contribution in [0.1, 0.15) is 12.0 Å². The lowest BCUT2D eigenvalue weighted by Gasteiger charge is -2.12. The van der Waals surface area contributed by atoms with Crippen LogP contribution in [-0.4, -0.2) is 40.0 Å². The van der Waals surface area contributed by atoms with E-state index in [0.717, 1.165) is 0 Å². The first-order valence-electron chi connectivity index (χ1n) is 5.96. The van der Waals surface area contributed by atoms with E-state index in [2.05, 4.69) is 0 Å². The zero-order valence-corrected chi connectivity index (χ0v) is 10.2. The molecule has 19 heavy (non-hydrogen) atoms. The van der Waals surface area contributed by atoms with Crippen molar-refractivity contribution in [2.45, 2.75) is 12.5 Å². The van der Waals surface area contributed by atoms with Gasteiger partial charge in [-0.1, -0.05) is 12.1 Å². The number of aliphatic hydroxyl groups excluding tert-OH is 1. The molecule has 0 aromatic heterocycles. The van der Waals surface area contributed by atoms with Crippen molar-refractivity contribution in [2.24, 2.45) is 0 Å². The first kappa shape index (κ1) is 13.2. The molecule has 0 unspecified atom stereocenters. The van der Waals surface area contributed by atoms with E-state index in [9.17, 15) is 20.0 Å². The standard InChI is InChI=1S/C13H14N2O4/c16-11-7-8-14(9-11)13(17)6-5-10-3-1-2-4-12(10)15(18)19/h1-6,11,16H,7-9H2/t11-/m0/s1. The molecule has 1 aliphatic heterocycles. The number of carbonyl (C=O) groups excluding carboxylic acids is 1. The smallest absolute Gasteiger partial charge is 0.276 e. The van der Waals surface area contributed by atoms with E-state index in [4.69, 9.17) is 0 Å². The fourth-order valence-electron chi connectivity index (χ4n) is 2.00. The summed E-state index contributed by atoms with van der Waals surface area (Å²) in [5, 5.41) is 20.2. The van der Waals surface area contributed by atoms with Crippen LogP contribution in [0, 0.1) is 10.1 Å². The van der Waals surface area contributed by atoms with Crippen LogP contribution in [0.3, 0.4) is 0 Å². The van der Waals surface area contributed by atoms with E-state index in [0.29, 0.717) is 25.1 Å². The van der Waals surface area contributed by atoms with Crippen LogP contribution >= 0.6 is 0 Å². The highest BCUT2D eigenvalue weighted by atomic mass is 16.6. The summed E-state index contributed by atoms with van der Waals surface area (Å²) in [6.07, 6.45) is 2.85. The van der Waals surface area contributed by atoms with E-state index >= 15 is 0 Å². The van der Waals surface area contributed by atoms with Crippen molar-refractivity contribution in [1.82, 2.24) is 4.90 Å². The van der Waals surface area contributed by atoms with Gasteiger partial charge in [-0.25, -0.2) is 0 Å². The Balaban J connectivity index is 2.10. The van der Waals surface area contributed by atoms with E-state index < -0.39 is 11.0 Å². The van der Waals surface area contributed by atoms with E-state index in [1.54, 1.807) is 18.2 Å². The van der Waals surface area contributed by atoms with Crippen LogP contribution in [0.4, 0.5) is 5.69 Å². The maximum Gasteiger partial charge on any atom is 0.276 e. The van der Waals surface area contributed by atoms with Gasteiger partial charge in [-0.3, -0.25) is 14.9 Å². The van der Waals surface area contributed by atoms with Crippen LogP contribution in [-0.2, 0) is 4.79 Å². The topological polar surface area (TPSA) is 83.7 Å². The van der Waals surface area contributed by atoms with Crippen molar-refractivity contribution in [2.75, 3.05) is 13.1 Å². The minimum atomic E-state index is -0.482. The molecule has 2 rings (SSSR count). The normalized spacial score (nSPS) is 19.0. The summed E-state index contributed by atoms with van der Waals surface area (Å²) in [6.45, 7) is 0.835. The van der Waals surface area contributed by atoms with E-state index in [1.165, 1.54) is 23.1 Å². The van der Waals surface area contributed by atoms with Crippen LogP contribution in [0.2, 0.25) is 0 Å². The zero-order chi connectivity index (χ0) is 13.8. The number of nitro benzene ring substituents is 1. The number of rotatable bonds is 3. The monoisotopic (exact) mass is 262 g/mol. The summed E-state index contributed by atoms with van der Waals surface area (Å²) in [5.74, 6) is -0.241. The van der Waals surface area contributed by atoms with Gasteiger partial charge in [0.2, 0.25) is 5.91 Å². The number of benzene rings is 1. The summed E-state index contributed by atoms with van der Waals surface area (Å²) in [4.78, 5) is 23.7. The maximum absolute atomic E-state index is 11.8. The molecule has 1 aromatic rings. The largest absolute Gasteiger partial charge is 0.391 e. The summed E-state index contributed by atoms with van der Waals surface area (Å²) in [7, 11) is 0. The third-order valence-electron chi connectivity index (χ3n) is 3.01. The van der Waals surface area contributed by atoms with E-state index in [1.807, 2.05) is 0 Å². The van der Waals surface area contributed by atoms with Gasteiger partial charge in [-0.05, 0) is 18.6 Å². The number of amides is 1. The highest BCUT2D eigenvalue weighted by Crippen LogP contribution is 2.19. The Kier molecular flexibility index (Phi) is 3.91. The SMILES string of the molecule is O=C(C=Cc1ccccc1[N+](=O)[O-])N1CC[C@H](O)C1. The molecule has 1 atom stereocenters. The second-order valence-electron chi connectivity index (χ2n) is 4.38. The van der Waals surface area contributed by atoms with Crippen molar-refractivity contribution in [3.8, 4) is 0 Å². The third-order valence-corrected chi connectivity index (χ3v) is 3.01. The number of para-hydroxylation sites is 1. The first-order valence-corrected chi connectivity index (χ1v) is 5.96. The predicted octanol–water partition coefficient (Wildman–Crippen LogP) is 1.20. The molecule has 0 saturated carbocycles. The molecule has 1 fully saturated rings. The fraction of sp³-hybridized carbons (Fsp3) is 0.308. The van der Waals surface area contributed by atoms with Crippen molar-refractivity contribution >= 4 is 17.7 Å². The molecular weight excluding hydrogens is 248 g/mol. The number of β-amino-alcohol motifs (C(OH)–C–C–N with tert-alkyl or cyclic N) is 1. The van der Waals surface area contributed by atoms with Crippen molar-refractivity contribution < 1.29 is 14.8 Å². The molecule has 1 aromatic carbocycles. The van der Waals surface area contributed by atoms with Gasteiger partial charge in [-0.2, -0.15) is 0 Å². The Labute approximate surface area is 110 Å². The molecule has 6 heteroatoms. The van der Waals surface area contributed by atoms with Crippen molar-refractivity contribution in [3.05, 3.63) is 46.0 Å². The van der Waals surface area contributed by atoms with Gasteiger partial charge in [0.1, 0.15) is 0 Å². The average molecular weight is 262 g/mol. The van der Waals surface area contributed by atoms with Gasteiger partial charge in [-0.15, -0.1) is 0 Å². The molecule has 1 heterocycles. The number of nitro groups is 1. The summed E-state index contributed by atoms with van der Waals surface area (Å²) < 4.78 is 0. The molecule has 0 spiro atoms. The van der Waals surface area contributed by atoms with E-state index in [-0.39, 0.29) is 11.6 Å². The number of nitrogens with zero attached hydrogens (tertiary/aromatic N) is 2. The molecule has 0 aliphatic carbocycles. The minimum Gasteiger partial charge on any atom is -0.391 e. The number of likely N-dealkylation sites (tertiary alicyclic amines) is 1. The molecule has 100 valence electrons. The Morgan fingerprint density at radius 2 is 2.21 bits per heavy atom. The van der Waals surface area contributed by atoms with Crippen LogP contribution in [0.15, 0.2) is 30.3 Å². The molecule has 0 bridgehead atoms. The lowest BCUT2D eigenvalue weighted by molar-refractivity contribution is -0.385. The Morgan fingerprint density at radius 3 is 2.84 bits per heavy atom. The Morgan fingerprint density at radius 1 is 1.47 bits per heavy atom. The number of carbonyl (C=O) groups is 1. The fourth-order valence-corrected chi connectivity index (χ4v) is 2.00. The highest BCUT2D eigenvalue weighted by molar-refractivity contribution is 5.92. The van der Waals surface area contributed by atoms with Gasteiger partial charge in [0.15, 0.2) is 0 Å². The number of hydrogen-bond acceptors (Lipinski definition) is 4. The van der Waals surface area contributed by atoms with Gasteiger partial charge in [0.05, 0.1) is 16.6 Å². The highest BCUT2D eigenvalue weighted by Gasteiger charge is 2.22. The predicted molar refractivity (Wildman–Crippen MR) is 69.3 cm³/mol. The average Bonchev–Trinajstić information content (AvgIpc) is 2.83. The summed E-state index contributed by atoms with van der Waals surface area (Å²) >= 11 is 0. The van der Waals surface area contributed by atoms with Crippen LogP contribution < -0.4 is 0 Å². The van der Waals surface area contributed by atoms with Gasteiger partial charge >= 0.3 is 0 Å². The second kappa shape index (κ2) is 5.62. The quantitative estimate of drug-likeness (QED) is 0.504. The third kappa shape index (κ3) is 3.17. The van der Waals surface area contributed by atoms with Crippen molar-refractivity contribution in [1.29, 1.82) is 0 Å². The van der Waals surface area contributed by atoms with Gasteiger partial charge in [0, 0.05) is 25.2 Å². The van der Waals surface area contributed by atoms with Crippen molar-refractivity contribution in [3.63, 3.8) is 0 Å². The molecule has 1 N–H and O–H groups in total. The molecule has 1 amide bonds.